The van der Waals surface area contributed by atoms with Crippen molar-refractivity contribution in [3.05, 3.63) is 35.9 Å². The van der Waals surface area contributed by atoms with E-state index >= 15 is 0 Å². The molecule has 0 saturated heterocycles. The molecule has 0 aromatic heterocycles. The normalized spacial score (nSPS) is 12.1. The summed E-state index contributed by atoms with van der Waals surface area (Å²) >= 11 is 0. The summed E-state index contributed by atoms with van der Waals surface area (Å²) in [4.78, 5) is 10.3. The third-order valence-electron chi connectivity index (χ3n) is 2.32. The topological polar surface area (TPSA) is 46.5 Å². The van der Waals surface area contributed by atoms with Crippen LogP contribution in [0.1, 0.15) is 31.2 Å². The van der Waals surface area contributed by atoms with Gasteiger partial charge in [0.15, 0.2) is 0 Å². The largest absolute Gasteiger partial charge is 0.505 e. The molecule has 3 nitrogen and oxygen atoms in total. The van der Waals surface area contributed by atoms with Gasteiger partial charge in [0.2, 0.25) is 0 Å². The Labute approximate surface area is 89.7 Å². The Hall–Kier alpha value is -1.51. The van der Waals surface area contributed by atoms with Crippen LogP contribution < -0.4 is 0 Å². The summed E-state index contributed by atoms with van der Waals surface area (Å²) in [6, 6.07) is 9.87. The summed E-state index contributed by atoms with van der Waals surface area (Å²) in [5.41, 5.74) is 1.14. The van der Waals surface area contributed by atoms with Crippen molar-refractivity contribution >= 4 is 6.16 Å². The highest BCUT2D eigenvalue weighted by Gasteiger charge is 2.12. The van der Waals surface area contributed by atoms with Crippen LogP contribution in [0.2, 0.25) is 0 Å². The highest BCUT2D eigenvalue weighted by atomic mass is 16.7. The molecule has 1 atom stereocenters. The van der Waals surface area contributed by atoms with Crippen molar-refractivity contribution in [3.8, 4) is 0 Å². The minimum Gasteiger partial charge on any atom is -0.450 e. The van der Waals surface area contributed by atoms with E-state index < -0.39 is 6.16 Å². The van der Waals surface area contributed by atoms with Crippen molar-refractivity contribution in [3.63, 3.8) is 0 Å². The van der Waals surface area contributed by atoms with Gasteiger partial charge in [-0.3, -0.25) is 0 Å². The third kappa shape index (κ3) is 4.02. The molecule has 15 heavy (non-hydrogen) atoms. The highest BCUT2D eigenvalue weighted by Crippen LogP contribution is 2.21. The molecule has 3 heteroatoms. The molecule has 0 radical (unpaired) electrons. The number of ether oxygens (including phenoxy) is 1. The van der Waals surface area contributed by atoms with Gasteiger partial charge < -0.3 is 9.84 Å². The van der Waals surface area contributed by atoms with E-state index in [1.807, 2.05) is 30.3 Å². The van der Waals surface area contributed by atoms with Gasteiger partial charge in [-0.25, -0.2) is 4.79 Å². The van der Waals surface area contributed by atoms with E-state index in [1.54, 1.807) is 0 Å². The van der Waals surface area contributed by atoms with Crippen LogP contribution in [-0.2, 0) is 4.74 Å². The van der Waals surface area contributed by atoms with Crippen molar-refractivity contribution in [2.75, 3.05) is 6.61 Å². The Morgan fingerprint density at radius 3 is 2.60 bits per heavy atom. The Morgan fingerprint density at radius 1 is 1.40 bits per heavy atom. The average molecular weight is 208 g/mol. The summed E-state index contributed by atoms with van der Waals surface area (Å²) < 4.78 is 4.63. The Bertz CT molecular complexity index is 295. The monoisotopic (exact) mass is 208 g/mol. The van der Waals surface area contributed by atoms with Crippen molar-refractivity contribution < 1.29 is 14.6 Å². The van der Waals surface area contributed by atoms with Crippen molar-refractivity contribution in [2.24, 2.45) is 0 Å². The van der Waals surface area contributed by atoms with Crippen LogP contribution in [0, 0.1) is 0 Å². The number of carboxylic acid groups (broad SMARTS) is 1. The van der Waals surface area contributed by atoms with Gasteiger partial charge in [-0.2, -0.15) is 0 Å². The molecule has 0 aliphatic heterocycles. The number of hydrogen-bond donors (Lipinski definition) is 1. The minimum absolute atomic E-state index is 0.173. The number of carbonyl (C=O) groups is 1. The average Bonchev–Trinajstić information content (AvgIpc) is 2.25. The molecule has 1 aromatic carbocycles. The van der Waals surface area contributed by atoms with Gasteiger partial charge in [-0.1, -0.05) is 43.7 Å². The molecule has 0 amide bonds. The lowest BCUT2D eigenvalue weighted by Crippen LogP contribution is -2.11. The van der Waals surface area contributed by atoms with Gasteiger partial charge in [-0.05, 0) is 12.0 Å². The standard InChI is InChI=1S/C12H16O3/c1-2-6-11(9-15-12(13)14)10-7-4-3-5-8-10/h3-5,7-8,11H,2,6,9H2,1H3,(H,13,14). The molecule has 1 aromatic rings. The summed E-state index contributed by atoms with van der Waals surface area (Å²) in [5, 5.41) is 8.46. The van der Waals surface area contributed by atoms with E-state index in [0.29, 0.717) is 0 Å². The fourth-order valence-electron chi connectivity index (χ4n) is 1.59. The lowest BCUT2D eigenvalue weighted by Gasteiger charge is -2.15. The SMILES string of the molecule is CCCC(COC(=O)O)c1ccccc1. The van der Waals surface area contributed by atoms with Crippen LogP contribution in [0.5, 0.6) is 0 Å². The molecule has 0 heterocycles. The second-order valence-corrected chi connectivity index (χ2v) is 3.47. The van der Waals surface area contributed by atoms with Crippen molar-refractivity contribution in [1.82, 2.24) is 0 Å². The number of benzene rings is 1. The number of hydrogen-bond acceptors (Lipinski definition) is 2. The highest BCUT2D eigenvalue weighted by molar-refractivity contribution is 5.56. The fourth-order valence-corrected chi connectivity index (χ4v) is 1.59. The first-order valence-electron chi connectivity index (χ1n) is 5.14. The third-order valence-corrected chi connectivity index (χ3v) is 2.32. The van der Waals surface area contributed by atoms with E-state index in [9.17, 15) is 4.79 Å². The summed E-state index contributed by atoms with van der Waals surface area (Å²) in [7, 11) is 0. The zero-order valence-corrected chi connectivity index (χ0v) is 8.85. The van der Waals surface area contributed by atoms with Crippen LogP contribution in [0.25, 0.3) is 0 Å². The van der Waals surface area contributed by atoms with Gasteiger partial charge in [0, 0.05) is 5.92 Å². The van der Waals surface area contributed by atoms with Gasteiger partial charge in [0.1, 0.15) is 6.61 Å². The molecular weight excluding hydrogens is 192 g/mol. The molecule has 1 rings (SSSR count). The minimum atomic E-state index is -1.20. The maximum absolute atomic E-state index is 10.3. The Morgan fingerprint density at radius 2 is 2.07 bits per heavy atom. The Kier molecular flexibility index (Phi) is 4.68. The van der Waals surface area contributed by atoms with Crippen LogP contribution in [0.3, 0.4) is 0 Å². The van der Waals surface area contributed by atoms with E-state index in [-0.39, 0.29) is 12.5 Å². The smallest absolute Gasteiger partial charge is 0.450 e. The van der Waals surface area contributed by atoms with E-state index in [1.165, 1.54) is 0 Å². The number of rotatable bonds is 5. The Balaban J connectivity index is 2.61. The zero-order chi connectivity index (χ0) is 11.1. The molecule has 0 saturated carbocycles. The van der Waals surface area contributed by atoms with Crippen LogP contribution >= 0.6 is 0 Å². The zero-order valence-electron chi connectivity index (χ0n) is 8.85. The first-order valence-corrected chi connectivity index (χ1v) is 5.14. The molecular formula is C12H16O3. The molecule has 0 bridgehead atoms. The lowest BCUT2D eigenvalue weighted by molar-refractivity contribution is 0.0848. The molecule has 0 fully saturated rings. The quantitative estimate of drug-likeness (QED) is 0.755. The fraction of sp³-hybridized carbons (Fsp3) is 0.417. The first kappa shape index (κ1) is 11.6. The van der Waals surface area contributed by atoms with Gasteiger partial charge >= 0.3 is 6.16 Å². The predicted octanol–water partition coefficient (Wildman–Crippen LogP) is 3.26. The van der Waals surface area contributed by atoms with Gasteiger partial charge in [0.25, 0.3) is 0 Å². The van der Waals surface area contributed by atoms with Gasteiger partial charge in [0.05, 0.1) is 0 Å². The summed E-state index contributed by atoms with van der Waals surface area (Å²) in [5.74, 6) is 0.173. The van der Waals surface area contributed by atoms with E-state index in [2.05, 4.69) is 11.7 Å². The molecule has 0 spiro atoms. The molecule has 1 unspecified atom stereocenters. The molecule has 82 valence electrons. The second-order valence-electron chi connectivity index (χ2n) is 3.47. The molecule has 1 N–H and O–H groups in total. The van der Waals surface area contributed by atoms with Crippen LogP contribution in [-0.4, -0.2) is 17.9 Å². The van der Waals surface area contributed by atoms with Crippen molar-refractivity contribution in [2.45, 2.75) is 25.7 Å². The molecule has 0 aliphatic carbocycles. The van der Waals surface area contributed by atoms with Crippen molar-refractivity contribution in [1.29, 1.82) is 0 Å². The van der Waals surface area contributed by atoms with E-state index in [4.69, 9.17) is 5.11 Å². The molecule has 0 aliphatic rings. The lowest BCUT2D eigenvalue weighted by atomic mass is 9.95. The predicted molar refractivity (Wildman–Crippen MR) is 58.1 cm³/mol. The van der Waals surface area contributed by atoms with Crippen LogP contribution in [0.15, 0.2) is 30.3 Å². The summed E-state index contributed by atoms with van der Waals surface area (Å²) in [6.45, 7) is 2.32. The van der Waals surface area contributed by atoms with Crippen LogP contribution in [0.4, 0.5) is 4.79 Å². The maximum atomic E-state index is 10.3. The first-order chi connectivity index (χ1) is 7.24. The second kappa shape index (κ2) is 6.06. The van der Waals surface area contributed by atoms with E-state index in [0.717, 1.165) is 18.4 Å². The maximum Gasteiger partial charge on any atom is 0.505 e. The van der Waals surface area contributed by atoms with Gasteiger partial charge in [-0.15, -0.1) is 0 Å². The summed E-state index contributed by atoms with van der Waals surface area (Å²) in [6.07, 6.45) is 0.756.